The lowest BCUT2D eigenvalue weighted by atomic mass is 9.92. The summed E-state index contributed by atoms with van der Waals surface area (Å²) < 4.78 is 0. The van der Waals surface area contributed by atoms with E-state index in [0.717, 1.165) is 51.1 Å². The molecular weight excluding hydrogens is 334 g/mol. The van der Waals surface area contributed by atoms with Gasteiger partial charge >= 0.3 is 0 Å². The fourth-order valence-corrected chi connectivity index (χ4v) is 4.27. The van der Waals surface area contributed by atoms with Crippen molar-refractivity contribution in [2.75, 3.05) is 32.7 Å². The van der Waals surface area contributed by atoms with Crippen LogP contribution in [-0.2, 0) is 11.2 Å². The molecule has 2 aliphatic rings. The lowest BCUT2D eigenvalue weighted by Gasteiger charge is -2.32. The molecule has 2 aliphatic heterocycles. The summed E-state index contributed by atoms with van der Waals surface area (Å²) in [5.74, 6) is 0.827. The molecule has 3 heterocycles. The van der Waals surface area contributed by atoms with Gasteiger partial charge in [0.25, 0.3) is 0 Å². The van der Waals surface area contributed by atoms with Crippen LogP contribution in [0.25, 0.3) is 0 Å². The lowest BCUT2D eigenvalue weighted by molar-refractivity contribution is -0.131. The summed E-state index contributed by atoms with van der Waals surface area (Å²) in [4.78, 5) is 21.7. The minimum absolute atomic E-state index is 0.314. The molecule has 1 amide bonds. The molecule has 1 aromatic heterocycles. The SMILES string of the molecule is O=C(CN1CCC(c2cccc(Cc3ccccc3)n2)CC1)N1CCCC1. The molecule has 2 aromatic rings. The molecule has 0 radical (unpaired) electrons. The first kappa shape index (κ1) is 18.2. The Labute approximate surface area is 162 Å². The van der Waals surface area contributed by atoms with Crippen LogP contribution in [0.3, 0.4) is 0 Å². The van der Waals surface area contributed by atoms with E-state index in [0.29, 0.717) is 18.4 Å². The number of likely N-dealkylation sites (tertiary alicyclic amines) is 2. The summed E-state index contributed by atoms with van der Waals surface area (Å²) in [5, 5.41) is 0. The minimum Gasteiger partial charge on any atom is -0.342 e. The monoisotopic (exact) mass is 363 g/mol. The van der Waals surface area contributed by atoms with Crippen molar-refractivity contribution in [3.63, 3.8) is 0 Å². The summed E-state index contributed by atoms with van der Waals surface area (Å²) in [6, 6.07) is 17.0. The van der Waals surface area contributed by atoms with Crippen LogP contribution in [-0.4, -0.2) is 53.4 Å². The topological polar surface area (TPSA) is 36.4 Å². The van der Waals surface area contributed by atoms with Crippen LogP contribution in [0.15, 0.2) is 48.5 Å². The van der Waals surface area contributed by atoms with Gasteiger partial charge in [-0.15, -0.1) is 0 Å². The van der Waals surface area contributed by atoms with Crippen LogP contribution < -0.4 is 0 Å². The van der Waals surface area contributed by atoms with Gasteiger partial charge in [-0.05, 0) is 56.5 Å². The predicted molar refractivity (Wildman–Crippen MR) is 108 cm³/mol. The van der Waals surface area contributed by atoms with Gasteiger partial charge in [0.1, 0.15) is 0 Å². The van der Waals surface area contributed by atoms with E-state index in [1.54, 1.807) is 0 Å². The van der Waals surface area contributed by atoms with Crippen LogP contribution in [0.1, 0.15) is 48.6 Å². The highest BCUT2D eigenvalue weighted by Gasteiger charge is 2.25. The van der Waals surface area contributed by atoms with Crippen molar-refractivity contribution < 1.29 is 4.79 Å². The molecule has 0 N–H and O–H groups in total. The standard InChI is InChI=1S/C23H29N3O/c27-23(26-13-4-5-14-26)18-25-15-11-20(12-16-25)22-10-6-9-21(24-22)17-19-7-2-1-3-8-19/h1-3,6-10,20H,4-5,11-18H2. The van der Waals surface area contributed by atoms with Crippen molar-refractivity contribution in [1.29, 1.82) is 0 Å². The summed E-state index contributed by atoms with van der Waals surface area (Å²) in [6.07, 6.45) is 5.40. The van der Waals surface area contributed by atoms with Gasteiger partial charge in [0.05, 0.1) is 6.54 Å². The van der Waals surface area contributed by atoms with Gasteiger partial charge in [0.15, 0.2) is 0 Å². The Bertz CT molecular complexity index is 747. The molecule has 0 bridgehead atoms. The quantitative estimate of drug-likeness (QED) is 0.816. The largest absolute Gasteiger partial charge is 0.342 e. The predicted octanol–water partition coefficient (Wildman–Crippen LogP) is 3.47. The molecule has 0 atom stereocenters. The first-order valence-electron chi connectivity index (χ1n) is 10.3. The highest BCUT2D eigenvalue weighted by Crippen LogP contribution is 2.27. The smallest absolute Gasteiger partial charge is 0.236 e. The van der Waals surface area contributed by atoms with E-state index in [4.69, 9.17) is 4.98 Å². The second-order valence-corrected chi connectivity index (χ2v) is 7.85. The van der Waals surface area contributed by atoms with Gasteiger partial charge < -0.3 is 4.90 Å². The number of aromatic nitrogens is 1. The second kappa shape index (κ2) is 8.66. The maximum absolute atomic E-state index is 12.4. The fourth-order valence-electron chi connectivity index (χ4n) is 4.27. The van der Waals surface area contributed by atoms with Crippen LogP contribution in [0.5, 0.6) is 0 Å². The Hall–Kier alpha value is -2.20. The van der Waals surface area contributed by atoms with Crippen LogP contribution >= 0.6 is 0 Å². The van der Waals surface area contributed by atoms with E-state index < -0.39 is 0 Å². The lowest BCUT2D eigenvalue weighted by Crippen LogP contribution is -2.42. The molecule has 0 unspecified atom stereocenters. The van der Waals surface area contributed by atoms with E-state index in [2.05, 4.69) is 53.4 Å². The number of nitrogens with zero attached hydrogens (tertiary/aromatic N) is 3. The van der Waals surface area contributed by atoms with Crippen molar-refractivity contribution in [2.24, 2.45) is 0 Å². The molecule has 4 heteroatoms. The third kappa shape index (κ3) is 4.75. The highest BCUT2D eigenvalue weighted by molar-refractivity contribution is 5.78. The number of carbonyl (C=O) groups excluding carboxylic acids is 1. The highest BCUT2D eigenvalue weighted by atomic mass is 16.2. The number of benzene rings is 1. The summed E-state index contributed by atoms with van der Waals surface area (Å²) in [6.45, 7) is 4.48. The van der Waals surface area contributed by atoms with Crippen LogP contribution in [0, 0.1) is 0 Å². The third-order valence-corrected chi connectivity index (χ3v) is 5.88. The van der Waals surface area contributed by atoms with E-state index >= 15 is 0 Å². The minimum atomic E-state index is 0.314. The molecule has 0 spiro atoms. The molecule has 2 saturated heterocycles. The Morgan fingerprint density at radius 3 is 2.41 bits per heavy atom. The number of hydrogen-bond donors (Lipinski definition) is 0. The van der Waals surface area contributed by atoms with Gasteiger partial charge in [-0.3, -0.25) is 14.7 Å². The third-order valence-electron chi connectivity index (χ3n) is 5.88. The molecule has 4 nitrogen and oxygen atoms in total. The summed E-state index contributed by atoms with van der Waals surface area (Å²) >= 11 is 0. The van der Waals surface area contributed by atoms with Gasteiger partial charge in [0, 0.05) is 36.8 Å². The first-order valence-corrected chi connectivity index (χ1v) is 10.3. The molecule has 27 heavy (non-hydrogen) atoms. The average molecular weight is 364 g/mol. The number of pyridine rings is 1. The summed E-state index contributed by atoms with van der Waals surface area (Å²) in [7, 11) is 0. The molecule has 0 aliphatic carbocycles. The average Bonchev–Trinajstić information content (AvgIpc) is 3.25. The van der Waals surface area contributed by atoms with Gasteiger partial charge in [-0.25, -0.2) is 0 Å². The Balaban J connectivity index is 1.31. The molecule has 142 valence electrons. The van der Waals surface area contributed by atoms with Gasteiger partial charge in [0.2, 0.25) is 5.91 Å². The number of carbonyl (C=O) groups is 1. The number of amides is 1. The Morgan fingerprint density at radius 1 is 0.926 bits per heavy atom. The van der Waals surface area contributed by atoms with E-state index in [-0.39, 0.29) is 0 Å². The van der Waals surface area contributed by atoms with Crippen LogP contribution in [0.2, 0.25) is 0 Å². The molecular formula is C23H29N3O. The molecule has 2 fully saturated rings. The van der Waals surface area contributed by atoms with E-state index in [1.807, 2.05) is 4.90 Å². The van der Waals surface area contributed by atoms with Crippen LogP contribution in [0.4, 0.5) is 0 Å². The zero-order valence-electron chi connectivity index (χ0n) is 16.0. The Morgan fingerprint density at radius 2 is 1.67 bits per heavy atom. The fraction of sp³-hybridized carbons (Fsp3) is 0.478. The molecule has 1 aromatic carbocycles. The van der Waals surface area contributed by atoms with Crippen molar-refractivity contribution in [1.82, 2.24) is 14.8 Å². The normalized spacial score (nSPS) is 18.7. The van der Waals surface area contributed by atoms with Crippen molar-refractivity contribution in [3.8, 4) is 0 Å². The van der Waals surface area contributed by atoms with Gasteiger partial charge in [-0.2, -0.15) is 0 Å². The van der Waals surface area contributed by atoms with E-state index in [9.17, 15) is 4.79 Å². The number of hydrogen-bond acceptors (Lipinski definition) is 3. The maximum Gasteiger partial charge on any atom is 0.236 e. The van der Waals surface area contributed by atoms with Crippen molar-refractivity contribution in [3.05, 3.63) is 65.5 Å². The first-order chi connectivity index (χ1) is 13.3. The molecule has 4 rings (SSSR count). The van der Waals surface area contributed by atoms with E-state index in [1.165, 1.54) is 24.1 Å². The maximum atomic E-state index is 12.4. The number of rotatable bonds is 5. The second-order valence-electron chi connectivity index (χ2n) is 7.85. The zero-order chi connectivity index (χ0) is 18.5. The molecule has 0 saturated carbocycles. The van der Waals surface area contributed by atoms with Crippen molar-refractivity contribution >= 4 is 5.91 Å². The van der Waals surface area contributed by atoms with Crippen molar-refractivity contribution in [2.45, 2.75) is 38.0 Å². The summed E-state index contributed by atoms with van der Waals surface area (Å²) in [5.41, 5.74) is 3.66. The Kier molecular flexibility index (Phi) is 5.83. The zero-order valence-corrected chi connectivity index (χ0v) is 16.0. The van der Waals surface area contributed by atoms with Gasteiger partial charge in [-0.1, -0.05) is 36.4 Å². The number of piperidine rings is 1.